The Labute approximate surface area is 57.7 Å². The number of nitrogens with one attached hydrogen (secondary N) is 1. The molecule has 1 heterocycles. The highest BCUT2D eigenvalue weighted by atomic mass is 15.1. The van der Waals surface area contributed by atoms with E-state index in [9.17, 15) is 0 Å². The van der Waals surface area contributed by atoms with Gasteiger partial charge in [0.05, 0.1) is 5.69 Å². The van der Waals surface area contributed by atoms with E-state index in [1.54, 1.807) is 13.0 Å². The van der Waals surface area contributed by atoms with Gasteiger partial charge in [-0.2, -0.15) is 15.6 Å². The third kappa shape index (κ3) is 0.723. The topological polar surface area (TPSA) is 76.3 Å². The zero-order valence-electron chi connectivity index (χ0n) is 5.34. The molecule has 0 aliphatic rings. The van der Waals surface area contributed by atoms with Crippen LogP contribution in [0.2, 0.25) is 0 Å². The zero-order valence-corrected chi connectivity index (χ0v) is 5.34. The second kappa shape index (κ2) is 2.20. The van der Waals surface area contributed by atoms with Gasteiger partial charge >= 0.3 is 0 Å². The molecule has 1 rings (SSSR count). The van der Waals surface area contributed by atoms with Crippen LogP contribution in [0.1, 0.15) is 17.0 Å². The lowest BCUT2D eigenvalue weighted by Gasteiger charge is -1.78. The standard InChI is InChI=1S/C6H4N4/c1-4-5(2-7)6(3-8)10-9-4/h1H3,(H,9,10). The van der Waals surface area contributed by atoms with Gasteiger partial charge < -0.3 is 0 Å². The highest BCUT2D eigenvalue weighted by Gasteiger charge is 2.06. The lowest BCUT2D eigenvalue weighted by molar-refractivity contribution is 1.03. The predicted molar refractivity (Wildman–Crippen MR) is 32.8 cm³/mol. The van der Waals surface area contributed by atoms with Gasteiger partial charge in [-0.3, -0.25) is 5.10 Å². The fourth-order valence-corrected chi connectivity index (χ4v) is 0.647. The maximum Gasteiger partial charge on any atom is 0.180 e. The quantitative estimate of drug-likeness (QED) is 0.557. The monoisotopic (exact) mass is 132 g/mol. The Morgan fingerprint density at radius 2 is 2.10 bits per heavy atom. The third-order valence-corrected chi connectivity index (χ3v) is 1.16. The minimum Gasteiger partial charge on any atom is -0.280 e. The van der Waals surface area contributed by atoms with Crippen LogP contribution in [-0.4, -0.2) is 10.2 Å². The predicted octanol–water partition coefficient (Wildman–Crippen LogP) is 0.461. The smallest absolute Gasteiger partial charge is 0.180 e. The van der Waals surface area contributed by atoms with E-state index in [2.05, 4.69) is 10.2 Å². The van der Waals surface area contributed by atoms with E-state index in [1.165, 1.54) is 0 Å². The zero-order chi connectivity index (χ0) is 7.56. The normalized spacial score (nSPS) is 8.30. The van der Waals surface area contributed by atoms with Gasteiger partial charge in [-0.05, 0) is 6.92 Å². The Hall–Kier alpha value is -1.81. The summed E-state index contributed by atoms with van der Waals surface area (Å²) in [5.74, 6) is 0. The molecule has 1 aromatic rings. The van der Waals surface area contributed by atoms with Crippen molar-refractivity contribution in [3.05, 3.63) is 17.0 Å². The first kappa shape index (κ1) is 6.31. The summed E-state index contributed by atoms with van der Waals surface area (Å²) in [4.78, 5) is 0. The molecule has 0 aliphatic heterocycles. The van der Waals surface area contributed by atoms with E-state index < -0.39 is 0 Å². The summed E-state index contributed by atoms with van der Waals surface area (Å²) in [6.07, 6.45) is 0. The average molecular weight is 132 g/mol. The highest BCUT2D eigenvalue weighted by molar-refractivity contribution is 5.43. The van der Waals surface area contributed by atoms with Crippen LogP contribution in [0.25, 0.3) is 0 Å². The van der Waals surface area contributed by atoms with E-state index in [4.69, 9.17) is 10.5 Å². The summed E-state index contributed by atoms with van der Waals surface area (Å²) in [6, 6.07) is 3.68. The van der Waals surface area contributed by atoms with Crippen molar-refractivity contribution < 1.29 is 0 Å². The van der Waals surface area contributed by atoms with Crippen molar-refractivity contribution in [2.24, 2.45) is 0 Å². The van der Waals surface area contributed by atoms with Gasteiger partial charge in [0.1, 0.15) is 17.7 Å². The van der Waals surface area contributed by atoms with E-state index in [1.807, 2.05) is 6.07 Å². The number of rotatable bonds is 0. The molecule has 0 unspecified atom stereocenters. The molecule has 0 bridgehead atoms. The summed E-state index contributed by atoms with van der Waals surface area (Å²) < 4.78 is 0. The molecular formula is C6H4N4. The van der Waals surface area contributed by atoms with Crippen molar-refractivity contribution in [2.75, 3.05) is 0 Å². The first-order valence-corrected chi connectivity index (χ1v) is 2.64. The van der Waals surface area contributed by atoms with E-state index in [0.717, 1.165) is 0 Å². The van der Waals surface area contributed by atoms with Crippen LogP contribution in [0.5, 0.6) is 0 Å². The molecule has 0 saturated heterocycles. The van der Waals surface area contributed by atoms with Crippen LogP contribution in [0.15, 0.2) is 0 Å². The molecule has 48 valence electrons. The van der Waals surface area contributed by atoms with Crippen molar-refractivity contribution in [3.63, 3.8) is 0 Å². The number of aromatic nitrogens is 2. The fraction of sp³-hybridized carbons (Fsp3) is 0.167. The second-order valence-corrected chi connectivity index (χ2v) is 1.80. The molecule has 0 aliphatic carbocycles. The van der Waals surface area contributed by atoms with E-state index in [-0.39, 0.29) is 5.69 Å². The van der Waals surface area contributed by atoms with Gasteiger partial charge in [-0.1, -0.05) is 0 Å². The van der Waals surface area contributed by atoms with Crippen molar-refractivity contribution in [3.8, 4) is 12.1 Å². The van der Waals surface area contributed by atoms with Gasteiger partial charge in [0, 0.05) is 0 Å². The average Bonchev–Trinajstić information content (AvgIpc) is 2.30. The minimum absolute atomic E-state index is 0.167. The second-order valence-electron chi connectivity index (χ2n) is 1.80. The molecule has 0 amide bonds. The van der Waals surface area contributed by atoms with Crippen molar-refractivity contribution in [1.82, 2.24) is 10.2 Å². The Kier molecular flexibility index (Phi) is 1.39. The molecule has 0 aromatic carbocycles. The summed E-state index contributed by atoms with van der Waals surface area (Å²) in [7, 11) is 0. The largest absolute Gasteiger partial charge is 0.280 e. The van der Waals surface area contributed by atoms with Gasteiger partial charge in [-0.25, -0.2) is 0 Å². The number of nitriles is 2. The molecule has 1 N–H and O–H groups in total. The molecule has 4 nitrogen and oxygen atoms in total. The maximum absolute atomic E-state index is 8.46. The first-order valence-electron chi connectivity index (χ1n) is 2.64. The van der Waals surface area contributed by atoms with Gasteiger partial charge in [0.25, 0.3) is 0 Å². The molecule has 0 saturated carbocycles. The third-order valence-electron chi connectivity index (χ3n) is 1.16. The maximum atomic E-state index is 8.46. The van der Waals surface area contributed by atoms with Gasteiger partial charge in [-0.15, -0.1) is 0 Å². The number of aryl methyl sites for hydroxylation is 1. The summed E-state index contributed by atoms with van der Waals surface area (Å²) in [6.45, 7) is 1.70. The Morgan fingerprint density at radius 3 is 2.50 bits per heavy atom. The molecule has 1 aromatic heterocycles. The molecule has 4 heteroatoms. The summed E-state index contributed by atoms with van der Waals surface area (Å²) in [5.41, 5.74) is 1.14. The van der Waals surface area contributed by atoms with E-state index >= 15 is 0 Å². The number of hydrogen-bond donors (Lipinski definition) is 1. The number of nitrogens with zero attached hydrogens (tertiary/aromatic N) is 3. The van der Waals surface area contributed by atoms with Crippen LogP contribution in [-0.2, 0) is 0 Å². The van der Waals surface area contributed by atoms with Crippen LogP contribution in [0.3, 0.4) is 0 Å². The minimum atomic E-state index is 0.167. The molecule has 0 spiro atoms. The highest BCUT2D eigenvalue weighted by Crippen LogP contribution is 2.05. The molecular weight excluding hydrogens is 128 g/mol. The van der Waals surface area contributed by atoms with Gasteiger partial charge in [0.2, 0.25) is 0 Å². The van der Waals surface area contributed by atoms with E-state index in [0.29, 0.717) is 11.3 Å². The number of aromatic amines is 1. The fourth-order valence-electron chi connectivity index (χ4n) is 0.647. The number of hydrogen-bond acceptors (Lipinski definition) is 3. The van der Waals surface area contributed by atoms with Crippen molar-refractivity contribution in [2.45, 2.75) is 6.92 Å². The summed E-state index contributed by atoms with van der Waals surface area (Å²) in [5, 5.41) is 23.0. The molecule has 10 heavy (non-hydrogen) atoms. The molecule has 0 atom stereocenters. The Balaban J connectivity index is 3.34. The summed E-state index contributed by atoms with van der Waals surface area (Å²) >= 11 is 0. The lowest BCUT2D eigenvalue weighted by atomic mass is 10.2. The van der Waals surface area contributed by atoms with Crippen molar-refractivity contribution in [1.29, 1.82) is 10.5 Å². The SMILES string of the molecule is Cc1[nH]nc(C#N)c1C#N. The molecule has 0 fully saturated rings. The lowest BCUT2D eigenvalue weighted by Crippen LogP contribution is -1.78. The Bertz CT molecular complexity index is 322. The molecule has 0 radical (unpaired) electrons. The first-order chi connectivity index (χ1) is 4.79. The van der Waals surface area contributed by atoms with Crippen LogP contribution in [0, 0.1) is 29.6 Å². The number of H-pyrrole nitrogens is 1. The van der Waals surface area contributed by atoms with Crippen molar-refractivity contribution >= 4 is 0 Å². The Morgan fingerprint density at radius 1 is 1.40 bits per heavy atom. The van der Waals surface area contributed by atoms with Crippen LogP contribution in [0.4, 0.5) is 0 Å². The van der Waals surface area contributed by atoms with Gasteiger partial charge in [0.15, 0.2) is 5.69 Å². The van der Waals surface area contributed by atoms with Crippen LogP contribution >= 0.6 is 0 Å². The van der Waals surface area contributed by atoms with Crippen LogP contribution < -0.4 is 0 Å².